The third-order valence-corrected chi connectivity index (χ3v) is 5.21. The van der Waals surface area contributed by atoms with Gasteiger partial charge < -0.3 is 10.2 Å². The highest BCUT2D eigenvalue weighted by atomic mass is 16.2. The van der Waals surface area contributed by atoms with Crippen molar-refractivity contribution in [1.82, 2.24) is 20.0 Å². The van der Waals surface area contributed by atoms with Crippen LogP contribution in [-0.2, 0) is 11.3 Å². The second-order valence-electron chi connectivity index (χ2n) is 7.39. The van der Waals surface area contributed by atoms with Crippen molar-refractivity contribution in [3.63, 3.8) is 0 Å². The first-order valence-corrected chi connectivity index (χ1v) is 9.66. The number of piperidine rings is 1. The second-order valence-corrected chi connectivity index (χ2v) is 7.39. The van der Waals surface area contributed by atoms with Gasteiger partial charge in [0.15, 0.2) is 0 Å². The number of fused-ring (bicyclic) bond motifs is 1. The molecule has 2 amide bonds. The number of aryl methyl sites for hydroxylation is 1. The van der Waals surface area contributed by atoms with Gasteiger partial charge >= 0.3 is 0 Å². The van der Waals surface area contributed by atoms with Crippen molar-refractivity contribution in [3.05, 3.63) is 65.9 Å². The summed E-state index contributed by atoms with van der Waals surface area (Å²) in [6.07, 6.45) is 3.42. The maximum atomic E-state index is 12.6. The SMILES string of the molecule is Cc1ccc(C(=O)N2CCC(NC(=O)Cn3cc4ccccc4n3)CC2)cc1. The average molecular weight is 376 g/mol. The fraction of sp³-hybridized carbons (Fsp3) is 0.318. The van der Waals surface area contributed by atoms with Crippen LogP contribution in [0.4, 0.5) is 0 Å². The van der Waals surface area contributed by atoms with E-state index in [-0.39, 0.29) is 24.4 Å². The zero-order chi connectivity index (χ0) is 19.5. The van der Waals surface area contributed by atoms with Crippen LogP contribution >= 0.6 is 0 Å². The smallest absolute Gasteiger partial charge is 0.253 e. The van der Waals surface area contributed by atoms with Gasteiger partial charge in [0.05, 0.1) is 5.52 Å². The lowest BCUT2D eigenvalue weighted by Crippen LogP contribution is -2.47. The summed E-state index contributed by atoms with van der Waals surface area (Å²) >= 11 is 0. The fourth-order valence-corrected chi connectivity index (χ4v) is 3.62. The van der Waals surface area contributed by atoms with E-state index >= 15 is 0 Å². The molecule has 1 N–H and O–H groups in total. The van der Waals surface area contributed by atoms with Crippen LogP contribution in [-0.4, -0.2) is 45.6 Å². The minimum absolute atomic E-state index is 0.0453. The molecule has 1 saturated heterocycles. The van der Waals surface area contributed by atoms with E-state index in [0.29, 0.717) is 13.1 Å². The summed E-state index contributed by atoms with van der Waals surface area (Å²) in [4.78, 5) is 26.8. The third kappa shape index (κ3) is 4.06. The Bertz CT molecular complexity index is 952. The van der Waals surface area contributed by atoms with Crippen molar-refractivity contribution >= 4 is 22.7 Å². The number of aromatic nitrogens is 2. The molecule has 0 spiro atoms. The van der Waals surface area contributed by atoms with Crippen LogP contribution in [0.3, 0.4) is 0 Å². The van der Waals surface area contributed by atoms with Gasteiger partial charge in [0.25, 0.3) is 5.91 Å². The normalized spacial score (nSPS) is 15.0. The molecule has 3 aromatic rings. The number of nitrogens with zero attached hydrogens (tertiary/aromatic N) is 3. The first kappa shape index (κ1) is 18.2. The second kappa shape index (κ2) is 7.84. The van der Waals surface area contributed by atoms with Gasteiger partial charge in [-0.1, -0.05) is 35.9 Å². The molecule has 6 nitrogen and oxygen atoms in total. The first-order chi connectivity index (χ1) is 13.6. The lowest BCUT2D eigenvalue weighted by Gasteiger charge is -2.32. The molecule has 2 aromatic carbocycles. The Morgan fingerprint density at radius 1 is 1.07 bits per heavy atom. The van der Waals surface area contributed by atoms with Crippen LogP contribution in [0.1, 0.15) is 28.8 Å². The van der Waals surface area contributed by atoms with Crippen LogP contribution in [0.15, 0.2) is 54.7 Å². The van der Waals surface area contributed by atoms with Crippen LogP contribution in [0, 0.1) is 6.92 Å². The lowest BCUT2D eigenvalue weighted by molar-refractivity contribution is -0.122. The van der Waals surface area contributed by atoms with Crippen molar-refractivity contribution in [1.29, 1.82) is 0 Å². The molecule has 1 fully saturated rings. The molecule has 2 heterocycles. The first-order valence-electron chi connectivity index (χ1n) is 9.66. The average Bonchev–Trinajstić information content (AvgIpc) is 3.10. The Morgan fingerprint density at radius 3 is 2.50 bits per heavy atom. The standard InChI is InChI=1S/C22H24N4O2/c1-16-6-8-17(9-7-16)22(28)25-12-10-19(11-13-25)23-21(27)15-26-14-18-4-2-3-5-20(18)24-26/h2-9,14,19H,10-13,15H2,1H3,(H,23,27). The zero-order valence-corrected chi connectivity index (χ0v) is 16.0. The molecule has 0 radical (unpaired) electrons. The minimum Gasteiger partial charge on any atom is -0.352 e. The molecule has 1 aliphatic heterocycles. The van der Waals surface area contributed by atoms with E-state index in [1.165, 1.54) is 0 Å². The molecule has 4 rings (SSSR count). The number of hydrogen-bond donors (Lipinski definition) is 1. The predicted molar refractivity (Wildman–Crippen MR) is 108 cm³/mol. The van der Waals surface area contributed by atoms with Crippen molar-refractivity contribution in [2.45, 2.75) is 32.4 Å². The lowest BCUT2D eigenvalue weighted by atomic mass is 10.0. The Labute approximate surface area is 164 Å². The molecule has 0 aliphatic carbocycles. The van der Waals surface area contributed by atoms with E-state index in [4.69, 9.17) is 0 Å². The predicted octanol–water partition coefficient (Wildman–Crippen LogP) is 2.77. The molecule has 28 heavy (non-hydrogen) atoms. The van der Waals surface area contributed by atoms with E-state index in [0.717, 1.165) is 34.9 Å². The number of rotatable bonds is 4. The van der Waals surface area contributed by atoms with E-state index < -0.39 is 0 Å². The molecule has 1 aliphatic rings. The van der Waals surface area contributed by atoms with Gasteiger partial charge in [-0.15, -0.1) is 0 Å². The molecular formula is C22H24N4O2. The van der Waals surface area contributed by atoms with Gasteiger partial charge in [0.2, 0.25) is 5.91 Å². The number of carbonyl (C=O) groups excluding carboxylic acids is 2. The van der Waals surface area contributed by atoms with Crippen molar-refractivity contribution in [2.75, 3.05) is 13.1 Å². The summed E-state index contributed by atoms with van der Waals surface area (Å²) in [5.74, 6) is 0.0177. The number of likely N-dealkylation sites (tertiary alicyclic amines) is 1. The Balaban J connectivity index is 1.28. The number of amides is 2. The fourth-order valence-electron chi connectivity index (χ4n) is 3.62. The summed E-state index contributed by atoms with van der Waals surface area (Å²) in [5.41, 5.74) is 2.75. The van der Waals surface area contributed by atoms with Gasteiger partial charge in [0, 0.05) is 36.3 Å². The number of carbonyl (C=O) groups is 2. The van der Waals surface area contributed by atoms with Gasteiger partial charge in [-0.05, 0) is 38.0 Å². The van der Waals surface area contributed by atoms with Gasteiger partial charge in [-0.3, -0.25) is 14.3 Å². The summed E-state index contributed by atoms with van der Waals surface area (Å²) in [7, 11) is 0. The van der Waals surface area contributed by atoms with Gasteiger partial charge in [-0.2, -0.15) is 5.10 Å². The number of hydrogen-bond acceptors (Lipinski definition) is 3. The largest absolute Gasteiger partial charge is 0.352 e. The van der Waals surface area contributed by atoms with Gasteiger partial charge in [-0.25, -0.2) is 0 Å². The van der Waals surface area contributed by atoms with Crippen LogP contribution in [0.2, 0.25) is 0 Å². The van der Waals surface area contributed by atoms with E-state index in [2.05, 4.69) is 10.4 Å². The summed E-state index contributed by atoms with van der Waals surface area (Å²) in [5, 5.41) is 8.53. The highest BCUT2D eigenvalue weighted by Gasteiger charge is 2.24. The summed E-state index contributed by atoms with van der Waals surface area (Å²) in [6.45, 7) is 3.53. The topological polar surface area (TPSA) is 67.2 Å². The maximum Gasteiger partial charge on any atom is 0.253 e. The van der Waals surface area contributed by atoms with Crippen molar-refractivity contribution in [3.8, 4) is 0 Å². The van der Waals surface area contributed by atoms with E-state index in [1.54, 1.807) is 4.68 Å². The van der Waals surface area contributed by atoms with Crippen LogP contribution < -0.4 is 5.32 Å². The molecule has 6 heteroatoms. The molecule has 0 atom stereocenters. The quantitative estimate of drug-likeness (QED) is 0.761. The highest BCUT2D eigenvalue weighted by Crippen LogP contribution is 2.15. The van der Waals surface area contributed by atoms with Crippen molar-refractivity contribution < 1.29 is 9.59 Å². The highest BCUT2D eigenvalue weighted by molar-refractivity contribution is 5.94. The molecule has 0 unspecified atom stereocenters. The molecule has 144 valence electrons. The van der Waals surface area contributed by atoms with Crippen LogP contribution in [0.25, 0.3) is 10.9 Å². The van der Waals surface area contributed by atoms with Gasteiger partial charge in [0.1, 0.15) is 6.54 Å². The third-order valence-electron chi connectivity index (χ3n) is 5.21. The number of benzene rings is 2. The summed E-state index contributed by atoms with van der Waals surface area (Å²) < 4.78 is 1.68. The van der Waals surface area contributed by atoms with E-state index in [1.807, 2.05) is 66.6 Å². The molecular weight excluding hydrogens is 352 g/mol. The van der Waals surface area contributed by atoms with Crippen molar-refractivity contribution in [2.24, 2.45) is 0 Å². The zero-order valence-electron chi connectivity index (χ0n) is 16.0. The Kier molecular flexibility index (Phi) is 5.10. The summed E-state index contributed by atoms with van der Waals surface area (Å²) in [6, 6.07) is 15.6. The monoisotopic (exact) mass is 376 g/mol. The van der Waals surface area contributed by atoms with E-state index in [9.17, 15) is 9.59 Å². The maximum absolute atomic E-state index is 12.6. The number of nitrogens with one attached hydrogen (secondary N) is 1. The molecule has 0 saturated carbocycles. The molecule has 0 bridgehead atoms. The Hall–Kier alpha value is -3.15. The Morgan fingerprint density at radius 2 is 1.79 bits per heavy atom. The molecule has 1 aromatic heterocycles. The minimum atomic E-state index is -0.0453. The van der Waals surface area contributed by atoms with Crippen LogP contribution in [0.5, 0.6) is 0 Å².